The van der Waals surface area contributed by atoms with Gasteiger partial charge in [-0.2, -0.15) is 0 Å². The normalized spacial score (nSPS) is 12.7. The van der Waals surface area contributed by atoms with Crippen LogP contribution in [-0.4, -0.2) is 25.2 Å². The molecule has 0 N–H and O–H groups in total. The number of pyridine rings is 2. The van der Waals surface area contributed by atoms with Gasteiger partial charge in [0.2, 0.25) is 0 Å². The summed E-state index contributed by atoms with van der Waals surface area (Å²) < 4.78 is 16.7. The van der Waals surface area contributed by atoms with Crippen molar-refractivity contribution in [2.45, 2.75) is 26.9 Å². The van der Waals surface area contributed by atoms with E-state index in [2.05, 4.69) is 9.97 Å². The number of fused-ring (bicyclic) bond motifs is 2. The Kier molecular flexibility index (Phi) is 5.08. The molecule has 1 aliphatic rings. The minimum Gasteiger partial charge on any atom is -0.328 e. The summed E-state index contributed by atoms with van der Waals surface area (Å²) in [6.07, 6.45) is 5.30. The van der Waals surface area contributed by atoms with E-state index in [9.17, 15) is 9.18 Å². The van der Waals surface area contributed by atoms with Crippen LogP contribution in [0.4, 0.5) is 4.39 Å². The van der Waals surface area contributed by atoms with Crippen molar-refractivity contribution in [3.63, 3.8) is 0 Å². The van der Waals surface area contributed by atoms with Crippen LogP contribution in [0.3, 0.4) is 0 Å². The zero-order chi connectivity index (χ0) is 20.4. The molecule has 0 atom stereocenters. The second-order valence-electron chi connectivity index (χ2n) is 6.54. The molecular weight excluding hydrogens is 367 g/mol. The number of amides is 1. The van der Waals surface area contributed by atoms with Crippen LogP contribution in [0.25, 0.3) is 16.9 Å². The topological polar surface area (TPSA) is 50.5 Å². The smallest absolute Gasteiger partial charge is 0.256 e. The van der Waals surface area contributed by atoms with Gasteiger partial charge in [-0.1, -0.05) is 32.0 Å². The van der Waals surface area contributed by atoms with Crippen molar-refractivity contribution >= 4 is 11.6 Å². The summed E-state index contributed by atoms with van der Waals surface area (Å²) in [6.45, 7) is 4.62. The van der Waals surface area contributed by atoms with Gasteiger partial charge < -0.3 is 4.90 Å². The summed E-state index contributed by atoms with van der Waals surface area (Å²) in [5.41, 5.74) is 4.20. The fourth-order valence-electron chi connectivity index (χ4n) is 3.50. The van der Waals surface area contributed by atoms with Gasteiger partial charge in [-0.3, -0.25) is 14.2 Å². The highest BCUT2D eigenvalue weighted by Crippen LogP contribution is 2.26. The minimum absolute atomic E-state index is 0.108. The average Bonchev–Trinajstić information content (AvgIpc) is 3.33. The number of hydrogen-bond donors (Lipinski definition) is 0. The largest absolute Gasteiger partial charge is 0.328 e. The van der Waals surface area contributed by atoms with E-state index in [1.807, 2.05) is 48.7 Å². The van der Waals surface area contributed by atoms with E-state index < -0.39 is 0 Å². The number of rotatable bonds is 3. The molecule has 0 aliphatic carbocycles. The highest BCUT2D eigenvalue weighted by Gasteiger charge is 2.28. The van der Waals surface area contributed by atoms with Crippen LogP contribution < -0.4 is 0 Å². The number of imidazole rings is 1. The Labute approximate surface area is 168 Å². The van der Waals surface area contributed by atoms with Crippen molar-refractivity contribution in [1.82, 2.24) is 19.3 Å². The molecule has 0 bridgehead atoms. The molecule has 5 nitrogen and oxygen atoms in total. The molecule has 146 valence electrons. The van der Waals surface area contributed by atoms with Crippen molar-refractivity contribution in [3.8, 4) is 11.3 Å². The molecule has 0 saturated carbocycles. The van der Waals surface area contributed by atoms with E-state index in [4.69, 9.17) is 0 Å². The van der Waals surface area contributed by atoms with Gasteiger partial charge in [0.15, 0.2) is 0 Å². The Morgan fingerprint density at radius 3 is 2.72 bits per heavy atom. The minimum atomic E-state index is -0.338. The second-order valence-corrected chi connectivity index (χ2v) is 6.54. The number of hydrogen-bond acceptors (Lipinski definition) is 3. The molecule has 29 heavy (non-hydrogen) atoms. The summed E-state index contributed by atoms with van der Waals surface area (Å²) in [7, 11) is 0. The predicted octanol–water partition coefficient (Wildman–Crippen LogP) is 4.72. The summed E-state index contributed by atoms with van der Waals surface area (Å²) in [4.78, 5) is 22.7. The fourth-order valence-corrected chi connectivity index (χ4v) is 3.50. The number of aromatic nitrogens is 3. The monoisotopic (exact) mass is 388 g/mol. The Hall–Kier alpha value is -3.54. The number of carbonyl (C=O) groups is 1. The fraction of sp³-hybridized carbons (Fsp3) is 0.174. The van der Waals surface area contributed by atoms with Crippen molar-refractivity contribution in [2.75, 3.05) is 0 Å². The van der Waals surface area contributed by atoms with E-state index in [-0.39, 0.29) is 18.3 Å². The summed E-state index contributed by atoms with van der Waals surface area (Å²) in [5, 5.41) is 0. The van der Waals surface area contributed by atoms with Gasteiger partial charge in [-0.15, -0.1) is 0 Å². The van der Waals surface area contributed by atoms with Gasteiger partial charge in [0.05, 0.1) is 29.7 Å². The average molecular weight is 388 g/mol. The van der Waals surface area contributed by atoms with Crippen molar-refractivity contribution in [1.29, 1.82) is 0 Å². The van der Waals surface area contributed by atoms with E-state index in [1.165, 1.54) is 6.07 Å². The molecule has 1 aliphatic heterocycles. The van der Waals surface area contributed by atoms with Crippen LogP contribution in [0.5, 0.6) is 0 Å². The Bertz CT molecular complexity index is 1180. The Morgan fingerprint density at radius 1 is 1.07 bits per heavy atom. The van der Waals surface area contributed by atoms with Gasteiger partial charge >= 0.3 is 0 Å². The molecule has 4 heterocycles. The van der Waals surface area contributed by atoms with Gasteiger partial charge in [0, 0.05) is 30.1 Å². The molecule has 4 aromatic rings. The molecule has 0 fully saturated rings. The lowest BCUT2D eigenvalue weighted by molar-refractivity contribution is 0.0765. The first-order chi connectivity index (χ1) is 14.2. The molecule has 0 radical (unpaired) electrons. The van der Waals surface area contributed by atoms with Crippen molar-refractivity contribution in [3.05, 3.63) is 89.8 Å². The number of carbonyl (C=O) groups excluding carboxylic acids is 1. The third-order valence-corrected chi connectivity index (χ3v) is 4.88. The van der Waals surface area contributed by atoms with Crippen LogP contribution in [0.15, 0.2) is 67.1 Å². The molecule has 5 rings (SSSR count). The molecule has 0 saturated heterocycles. The molecule has 0 spiro atoms. The highest BCUT2D eigenvalue weighted by atomic mass is 19.1. The first-order valence-electron chi connectivity index (χ1n) is 9.65. The number of halogens is 1. The van der Waals surface area contributed by atoms with E-state index in [0.717, 1.165) is 22.6 Å². The summed E-state index contributed by atoms with van der Waals surface area (Å²) in [6, 6.07) is 14.3. The van der Waals surface area contributed by atoms with Crippen LogP contribution in [-0.2, 0) is 13.1 Å². The standard InChI is InChI=1S/C21H15FN4O.C2H6/c22-17-10-14(19-11-24-20-5-1-2-9-26(19)20)6-7-15(17)12-25-13-18-16(21(25)27)4-3-8-23-18;1-2/h1-11H,12-13H2;1-2H3. The summed E-state index contributed by atoms with van der Waals surface area (Å²) >= 11 is 0. The molecule has 6 heteroatoms. The lowest BCUT2D eigenvalue weighted by atomic mass is 10.1. The van der Waals surface area contributed by atoms with Crippen LogP contribution >= 0.6 is 0 Å². The first kappa shape index (κ1) is 18.8. The van der Waals surface area contributed by atoms with E-state index >= 15 is 0 Å². The number of benzene rings is 1. The maximum Gasteiger partial charge on any atom is 0.256 e. The van der Waals surface area contributed by atoms with Gasteiger partial charge in [0.25, 0.3) is 5.91 Å². The third kappa shape index (κ3) is 3.38. The van der Waals surface area contributed by atoms with Crippen molar-refractivity contribution < 1.29 is 9.18 Å². The SMILES string of the molecule is CC.O=C1c2cccnc2CN1Cc1ccc(-c2cnc3ccccn23)cc1F. The van der Waals surface area contributed by atoms with E-state index in [1.54, 1.807) is 35.5 Å². The molecule has 1 aromatic carbocycles. The quantitative estimate of drug-likeness (QED) is 0.510. The maximum atomic E-state index is 14.8. The van der Waals surface area contributed by atoms with Gasteiger partial charge in [0.1, 0.15) is 11.5 Å². The number of nitrogens with zero attached hydrogens (tertiary/aromatic N) is 4. The molecule has 0 unspecified atom stereocenters. The Balaban J connectivity index is 0.000000994. The highest BCUT2D eigenvalue weighted by molar-refractivity contribution is 5.97. The van der Waals surface area contributed by atoms with Gasteiger partial charge in [-0.05, 0) is 30.3 Å². The Morgan fingerprint density at radius 2 is 1.93 bits per heavy atom. The lowest BCUT2D eigenvalue weighted by Gasteiger charge is -2.16. The lowest BCUT2D eigenvalue weighted by Crippen LogP contribution is -2.23. The summed E-state index contributed by atoms with van der Waals surface area (Å²) in [5.74, 6) is -0.446. The van der Waals surface area contributed by atoms with Crippen LogP contribution in [0, 0.1) is 5.82 Å². The van der Waals surface area contributed by atoms with Crippen LogP contribution in [0.2, 0.25) is 0 Å². The third-order valence-electron chi connectivity index (χ3n) is 4.88. The van der Waals surface area contributed by atoms with Crippen LogP contribution in [0.1, 0.15) is 35.5 Å². The predicted molar refractivity (Wildman–Crippen MR) is 110 cm³/mol. The zero-order valence-corrected chi connectivity index (χ0v) is 16.3. The zero-order valence-electron chi connectivity index (χ0n) is 16.3. The second kappa shape index (κ2) is 7.83. The van der Waals surface area contributed by atoms with E-state index in [0.29, 0.717) is 17.7 Å². The molecule has 3 aromatic heterocycles. The van der Waals surface area contributed by atoms with Gasteiger partial charge in [-0.25, -0.2) is 9.37 Å². The molecular formula is C23H21FN4O. The first-order valence-corrected chi connectivity index (χ1v) is 9.65. The molecule has 1 amide bonds. The van der Waals surface area contributed by atoms with Crippen molar-refractivity contribution in [2.24, 2.45) is 0 Å². The maximum absolute atomic E-state index is 14.8.